The van der Waals surface area contributed by atoms with E-state index in [9.17, 15) is 9.59 Å². The monoisotopic (exact) mass is 359 g/mol. The number of nitrogens with zero attached hydrogens (tertiary/aromatic N) is 2. The van der Waals surface area contributed by atoms with Crippen LogP contribution >= 0.6 is 0 Å². The summed E-state index contributed by atoms with van der Waals surface area (Å²) in [6.07, 6.45) is 1.64. The van der Waals surface area contributed by atoms with Crippen LogP contribution in [0.4, 0.5) is 0 Å². The first kappa shape index (κ1) is 18.3. The molecule has 1 aliphatic rings. The van der Waals surface area contributed by atoms with E-state index in [4.69, 9.17) is 14.9 Å². The Bertz CT molecular complexity index is 794. The van der Waals surface area contributed by atoms with E-state index < -0.39 is 0 Å². The van der Waals surface area contributed by atoms with E-state index in [1.54, 1.807) is 18.3 Å². The third kappa shape index (κ3) is 3.39. The van der Waals surface area contributed by atoms with Crippen molar-refractivity contribution in [3.8, 4) is 0 Å². The van der Waals surface area contributed by atoms with E-state index in [1.807, 2.05) is 32.0 Å². The van der Waals surface area contributed by atoms with Crippen LogP contribution in [0, 0.1) is 25.7 Å². The first-order valence-corrected chi connectivity index (χ1v) is 8.69. The third-order valence-electron chi connectivity index (χ3n) is 5.17. The third-order valence-corrected chi connectivity index (χ3v) is 5.17. The smallest absolute Gasteiger partial charge is 0.255 e. The van der Waals surface area contributed by atoms with Crippen LogP contribution in [0.15, 0.2) is 28.9 Å². The lowest BCUT2D eigenvalue weighted by molar-refractivity contribution is -0.122. The molecule has 0 bridgehead atoms. The number of likely N-dealkylation sites (tertiary alicyclic amines) is 1. The largest absolute Gasteiger partial charge is 0.467 e. The molecule has 2 unspecified atom stereocenters. The number of methoxy groups -OCH3 is 1. The van der Waals surface area contributed by atoms with Gasteiger partial charge in [-0.1, -0.05) is 0 Å². The van der Waals surface area contributed by atoms with Gasteiger partial charge in [-0.25, -0.2) is 0 Å². The van der Waals surface area contributed by atoms with Crippen LogP contribution < -0.4 is 5.73 Å². The van der Waals surface area contributed by atoms with Gasteiger partial charge in [0.25, 0.3) is 5.91 Å². The molecule has 2 atom stereocenters. The Kier molecular flexibility index (Phi) is 5.18. The molecule has 2 N–H and O–H groups in total. The number of furan rings is 1. The predicted molar refractivity (Wildman–Crippen MR) is 95.7 cm³/mol. The number of hydrogen-bond acceptors (Lipinski definition) is 4. The Morgan fingerprint density at radius 1 is 1.35 bits per heavy atom. The maximum absolute atomic E-state index is 13.0. The van der Waals surface area contributed by atoms with E-state index in [0.717, 1.165) is 17.1 Å². The number of amides is 2. The number of carbonyl (C=O) groups excluding carboxylic acids is 2. The van der Waals surface area contributed by atoms with Gasteiger partial charge in [0.15, 0.2) is 0 Å². The second-order valence-corrected chi connectivity index (χ2v) is 6.88. The highest BCUT2D eigenvalue weighted by Crippen LogP contribution is 2.27. The molecule has 0 saturated carbocycles. The predicted octanol–water partition coefficient (Wildman–Crippen LogP) is 1.57. The molecule has 0 spiro atoms. The Morgan fingerprint density at radius 3 is 2.73 bits per heavy atom. The molecule has 7 nitrogen and oxygen atoms in total. The molecule has 1 fully saturated rings. The zero-order valence-corrected chi connectivity index (χ0v) is 15.4. The molecular formula is C19H25N3O4. The lowest BCUT2D eigenvalue weighted by Gasteiger charge is -2.16. The van der Waals surface area contributed by atoms with Crippen molar-refractivity contribution in [2.75, 3.05) is 26.8 Å². The number of carbonyl (C=O) groups is 2. The van der Waals surface area contributed by atoms with Crippen molar-refractivity contribution in [1.29, 1.82) is 0 Å². The fourth-order valence-corrected chi connectivity index (χ4v) is 3.73. The average Bonchev–Trinajstić information content (AvgIpc) is 3.31. The number of primary amides is 1. The van der Waals surface area contributed by atoms with Crippen molar-refractivity contribution >= 4 is 11.8 Å². The normalized spacial score (nSPS) is 19.9. The van der Waals surface area contributed by atoms with Crippen molar-refractivity contribution < 1.29 is 18.7 Å². The van der Waals surface area contributed by atoms with Gasteiger partial charge in [0.2, 0.25) is 5.91 Å². The Morgan fingerprint density at radius 2 is 2.12 bits per heavy atom. The van der Waals surface area contributed by atoms with Crippen LogP contribution in [0.1, 0.15) is 27.5 Å². The molecule has 140 valence electrons. The van der Waals surface area contributed by atoms with Crippen LogP contribution in [0.25, 0.3) is 0 Å². The molecule has 26 heavy (non-hydrogen) atoms. The molecule has 2 aromatic heterocycles. The van der Waals surface area contributed by atoms with E-state index in [2.05, 4.69) is 4.57 Å². The fourth-order valence-electron chi connectivity index (χ4n) is 3.73. The summed E-state index contributed by atoms with van der Waals surface area (Å²) in [5.74, 6) is -0.0567. The van der Waals surface area contributed by atoms with Gasteiger partial charge in [0.1, 0.15) is 5.76 Å². The summed E-state index contributed by atoms with van der Waals surface area (Å²) in [7, 11) is 1.59. The van der Waals surface area contributed by atoms with Gasteiger partial charge in [0.05, 0.1) is 30.9 Å². The van der Waals surface area contributed by atoms with Crippen LogP contribution in [-0.4, -0.2) is 48.1 Å². The Hall–Kier alpha value is -2.54. The molecule has 1 aliphatic heterocycles. The van der Waals surface area contributed by atoms with Crippen molar-refractivity contribution in [2.24, 2.45) is 17.6 Å². The minimum atomic E-state index is -0.384. The van der Waals surface area contributed by atoms with Crippen LogP contribution in [0.5, 0.6) is 0 Å². The summed E-state index contributed by atoms with van der Waals surface area (Å²) in [6.45, 7) is 5.70. The molecule has 2 amide bonds. The fraction of sp³-hybridized carbons (Fsp3) is 0.474. The SMILES string of the molecule is COCC1CN(C(=O)c2cc(C)n(Cc3ccco3)c2C)CC1C(N)=O. The first-order valence-electron chi connectivity index (χ1n) is 8.69. The molecule has 0 aliphatic carbocycles. The second-order valence-electron chi connectivity index (χ2n) is 6.88. The van der Waals surface area contributed by atoms with Gasteiger partial charge in [-0.05, 0) is 32.0 Å². The summed E-state index contributed by atoms with van der Waals surface area (Å²) in [6, 6.07) is 5.65. The highest BCUT2D eigenvalue weighted by Gasteiger charge is 2.39. The van der Waals surface area contributed by atoms with Gasteiger partial charge >= 0.3 is 0 Å². The molecule has 7 heteroatoms. The molecule has 3 heterocycles. The van der Waals surface area contributed by atoms with Crippen molar-refractivity contribution in [3.05, 3.63) is 47.2 Å². The quantitative estimate of drug-likeness (QED) is 0.847. The number of rotatable bonds is 6. The average molecular weight is 359 g/mol. The van der Waals surface area contributed by atoms with E-state index in [1.165, 1.54) is 0 Å². The topological polar surface area (TPSA) is 90.7 Å². The van der Waals surface area contributed by atoms with E-state index >= 15 is 0 Å². The maximum atomic E-state index is 13.0. The standard InChI is InChI=1S/C19H25N3O4/c1-12-7-16(13(2)22(12)9-15-5-4-6-26-15)19(24)21-8-14(11-25-3)17(10-21)18(20)23/h4-7,14,17H,8-11H2,1-3H3,(H2,20,23). The van der Waals surface area contributed by atoms with Gasteiger partial charge in [-0.15, -0.1) is 0 Å². The van der Waals surface area contributed by atoms with E-state index in [0.29, 0.717) is 31.8 Å². The van der Waals surface area contributed by atoms with Gasteiger partial charge in [-0.3, -0.25) is 9.59 Å². The summed E-state index contributed by atoms with van der Waals surface area (Å²) in [5.41, 5.74) is 8.03. The molecule has 2 aromatic rings. The number of ether oxygens (including phenoxy) is 1. The van der Waals surface area contributed by atoms with Gasteiger partial charge < -0.3 is 24.4 Å². The Balaban J connectivity index is 1.81. The van der Waals surface area contributed by atoms with E-state index in [-0.39, 0.29) is 23.7 Å². The lowest BCUT2D eigenvalue weighted by Crippen LogP contribution is -2.32. The molecule has 0 aromatic carbocycles. The second kappa shape index (κ2) is 7.37. The van der Waals surface area contributed by atoms with Crippen molar-refractivity contribution in [1.82, 2.24) is 9.47 Å². The maximum Gasteiger partial charge on any atom is 0.255 e. The zero-order chi connectivity index (χ0) is 18.8. The lowest BCUT2D eigenvalue weighted by atomic mass is 9.96. The number of aryl methyl sites for hydroxylation is 1. The minimum absolute atomic E-state index is 0.0620. The summed E-state index contributed by atoms with van der Waals surface area (Å²) >= 11 is 0. The number of hydrogen-bond donors (Lipinski definition) is 1. The van der Waals surface area contributed by atoms with Gasteiger partial charge in [-0.2, -0.15) is 0 Å². The summed E-state index contributed by atoms with van der Waals surface area (Å²) < 4.78 is 12.7. The first-order chi connectivity index (χ1) is 12.4. The highest BCUT2D eigenvalue weighted by atomic mass is 16.5. The zero-order valence-electron chi connectivity index (χ0n) is 15.4. The number of nitrogens with two attached hydrogens (primary N) is 1. The Labute approximate surface area is 152 Å². The summed E-state index contributed by atoms with van der Waals surface area (Å²) in [4.78, 5) is 26.5. The van der Waals surface area contributed by atoms with Crippen LogP contribution in [0.3, 0.4) is 0 Å². The van der Waals surface area contributed by atoms with Crippen molar-refractivity contribution in [2.45, 2.75) is 20.4 Å². The molecule has 1 saturated heterocycles. The van der Waals surface area contributed by atoms with Gasteiger partial charge in [0, 0.05) is 37.5 Å². The molecule has 0 radical (unpaired) electrons. The molecule has 3 rings (SSSR count). The summed E-state index contributed by atoms with van der Waals surface area (Å²) in [5, 5.41) is 0. The van der Waals surface area contributed by atoms with Crippen LogP contribution in [0.2, 0.25) is 0 Å². The highest BCUT2D eigenvalue weighted by molar-refractivity contribution is 5.96. The number of aromatic nitrogens is 1. The van der Waals surface area contributed by atoms with Crippen LogP contribution in [-0.2, 0) is 16.1 Å². The minimum Gasteiger partial charge on any atom is -0.467 e. The molecular weight excluding hydrogens is 334 g/mol. The van der Waals surface area contributed by atoms with Crippen molar-refractivity contribution in [3.63, 3.8) is 0 Å².